The van der Waals surface area contributed by atoms with Crippen LogP contribution in [0.25, 0.3) is 0 Å². The lowest BCUT2D eigenvalue weighted by Gasteiger charge is -2.06. The molecule has 0 atom stereocenters. The molecule has 6 heteroatoms. The van der Waals surface area contributed by atoms with Crippen molar-refractivity contribution in [2.45, 2.75) is 26.4 Å². The molecule has 2 aromatic rings. The first kappa shape index (κ1) is 17.5. The normalized spacial score (nSPS) is 11.0. The summed E-state index contributed by atoms with van der Waals surface area (Å²) in [6, 6.07) is 10.3. The van der Waals surface area contributed by atoms with Gasteiger partial charge in [-0.1, -0.05) is 31.2 Å². The second kappa shape index (κ2) is 9.38. The Hall–Kier alpha value is -1.57. The van der Waals surface area contributed by atoms with Crippen LogP contribution in [0.3, 0.4) is 0 Å². The third-order valence-electron chi connectivity index (χ3n) is 2.88. The number of nitrogens with one attached hydrogen (secondary N) is 1. The molecule has 114 valence electrons. The van der Waals surface area contributed by atoms with Gasteiger partial charge in [-0.3, -0.25) is 4.68 Å². The van der Waals surface area contributed by atoms with Gasteiger partial charge in [0.25, 0.3) is 0 Å². The van der Waals surface area contributed by atoms with Gasteiger partial charge in [0.15, 0.2) is 5.96 Å². The Morgan fingerprint density at radius 3 is 2.86 bits per heavy atom. The van der Waals surface area contributed by atoms with Crippen molar-refractivity contribution in [2.75, 3.05) is 6.54 Å². The van der Waals surface area contributed by atoms with Crippen LogP contribution in [-0.4, -0.2) is 22.3 Å². The third kappa shape index (κ3) is 6.16. The van der Waals surface area contributed by atoms with Crippen molar-refractivity contribution in [3.05, 3.63) is 53.9 Å². The molecule has 0 spiro atoms. The van der Waals surface area contributed by atoms with Crippen molar-refractivity contribution in [3.8, 4) is 0 Å². The van der Waals surface area contributed by atoms with Crippen LogP contribution in [0.4, 0.5) is 0 Å². The molecule has 0 radical (unpaired) electrons. The van der Waals surface area contributed by atoms with E-state index in [0.29, 0.717) is 12.5 Å². The molecule has 0 aliphatic heterocycles. The lowest BCUT2D eigenvalue weighted by molar-refractivity contribution is 0.686. The minimum atomic E-state index is 0. The molecule has 5 nitrogen and oxygen atoms in total. The van der Waals surface area contributed by atoms with E-state index in [0.717, 1.165) is 25.1 Å². The van der Waals surface area contributed by atoms with Crippen LogP contribution in [0.15, 0.2) is 47.7 Å². The van der Waals surface area contributed by atoms with Crippen LogP contribution in [0, 0.1) is 0 Å². The van der Waals surface area contributed by atoms with Crippen molar-refractivity contribution in [1.29, 1.82) is 0 Å². The topological polar surface area (TPSA) is 68.2 Å². The van der Waals surface area contributed by atoms with Crippen molar-refractivity contribution < 1.29 is 0 Å². The number of nitrogens with zero attached hydrogens (tertiary/aromatic N) is 3. The van der Waals surface area contributed by atoms with Gasteiger partial charge in [-0.15, -0.1) is 24.0 Å². The number of guanidine groups is 1. The molecule has 0 saturated carbocycles. The first-order chi connectivity index (χ1) is 9.78. The van der Waals surface area contributed by atoms with Crippen molar-refractivity contribution in [1.82, 2.24) is 15.1 Å². The van der Waals surface area contributed by atoms with Gasteiger partial charge in [0.05, 0.1) is 13.1 Å². The number of aromatic nitrogens is 2. The number of halogens is 1. The predicted octanol–water partition coefficient (Wildman–Crippen LogP) is 2.36. The molecule has 1 heterocycles. The first-order valence-electron chi connectivity index (χ1n) is 6.87. The standard InChI is InChI=1S/C15H21N5.HI/c1-2-7-17-15(16)18-11-13-5-3-6-14(10-13)12-20-9-4-8-19-20;/h3-6,8-10H,2,7,11-12H2,1H3,(H3,16,17,18);1H. The van der Waals surface area contributed by atoms with E-state index in [1.54, 1.807) is 6.20 Å². The van der Waals surface area contributed by atoms with E-state index in [1.165, 1.54) is 5.56 Å². The maximum absolute atomic E-state index is 5.78. The molecule has 3 N–H and O–H groups in total. The summed E-state index contributed by atoms with van der Waals surface area (Å²) in [5.41, 5.74) is 8.14. The summed E-state index contributed by atoms with van der Waals surface area (Å²) in [6.45, 7) is 4.32. The zero-order chi connectivity index (χ0) is 14.2. The van der Waals surface area contributed by atoms with Crippen LogP contribution in [0.1, 0.15) is 24.5 Å². The Labute approximate surface area is 142 Å². The van der Waals surface area contributed by atoms with E-state index in [-0.39, 0.29) is 24.0 Å². The average Bonchev–Trinajstić information content (AvgIpc) is 2.96. The largest absolute Gasteiger partial charge is 0.370 e. The predicted molar refractivity (Wildman–Crippen MR) is 96.8 cm³/mol. The molecule has 0 saturated heterocycles. The quantitative estimate of drug-likeness (QED) is 0.445. The second-order valence-corrected chi connectivity index (χ2v) is 4.65. The summed E-state index contributed by atoms with van der Waals surface area (Å²) in [7, 11) is 0. The van der Waals surface area contributed by atoms with E-state index < -0.39 is 0 Å². The highest BCUT2D eigenvalue weighted by Gasteiger charge is 1.98. The monoisotopic (exact) mass is 399 g/mol. The summed E-state index contributed by atoms with van der Waals surface area (Å²) >= 11 is 0. The SMILES string of the molecule is CCCNC(N)=NCc1cccc(Cn2cccn2)c1.I. The van der Waals surface area contributed by atoms with Crippen molar-refractivity contribution >= 4 is 29.9 Å². The first-order valence-corrected chi connectivity index (χ1v) is 6.87. The van der Waals surface area contributed by atoms with E-state index in [1.807, 2.05) is 23.0 Å². The number of hydrogen-bond donors (Lipinski definition) is 2. The van der Waals surface area contributed by atoms with Gasteiger partial charge in [0.1, 0.15) is 0 Å². The van der Waals surface area contributed by atoms with E-state index in [9.17, 15) is 0 Å². The summed E-state index contributed by atoms with van der Waals surface area (Å²) in [5, 5.41) is 7.28. The highest BCUT2D eigenvalue weighted by atomic mass is 127. The van der Waals surface area contributed by atoms with Gasteiger partial charge in [0.2, 0.25) is 0 Å². The highest BCUT2D eigenvalue weighted by molar-refractivity contribution is 14.0. The average molecular weight is 399 g/mol. The van der Waals surface area contributed by atoms with Crippen LogP contribution in [0.5, 0.6) is 0 Å². The minimum absolute atomic E-state index is 0. The fourth-order valence-corrected chi connectivity index (χ4v) is 1.89. The number of benzene rings is 1. The zero-order valence-electron chi connectivity index (χ0n) is 12.2. The van der Waals surface area contributed by atoms with E-state index in [2.05, 4.69) is 40.5 Å². The van der Waals surface area contributed by atoms with Crippen LogP contribution in [0.2, 0.25) is 0 Å². The van der Waals surface area contributed by atoms with Crippen LogP contribution in [-0.2, 0) is 13.1 Å². The summed E-state index contributed by atoms with van der Waals surface area (Å²) in [4.78, 5) is 4.33. The zero-order valence-corrected chi connectivity index (χ0v) is 14.5. The lowest BCUT2D eigenvalue weighted by Crippen LogP contribution is -2.32. The Morgan fingerprint density at radius 1 is 1.33 bits per heavy atom. The molecule has 0 aliphatic rings. The lowest BCUT2D eigenvalue weighted by atomic mass is 10.1. The molecule has 0 amide bonds. The van der Waals surface area contributed by atoms with Gasteiger partial charge in [-0.05, 0) is 23.6 Å². The Balaban J connectivity index is 0.00000220. The van der Waals surface area contributed by atoms with Crippen LogP contribution < -0.4 is 11.1 Å². The molecule has 1 aromatic carbocycles. The summed E-state index contributed by atoms with van der Waals surface area (Å²) < 4.78 is 1.90. The van der Waals surface area contributed by atoms with E-state index >= 15 is 0 Å². The fourth-order valence-electron chi connectivity index (χ4n) is 1.89. The molecular formula is C15H22IN5. The number of aliphatic imine (C=N–C) groups is 1. The molecular weight excluding hydrogens is 377 g/mol. The maximum atomic E-state index is 5.78. The van der Waals surface area contributed by atoms with Gasteiger partial charge >= 0.3 is 0 Å². The Bertz CT molecular complexity index is 551. The molecule has 1 aromatic heterocycles. The Kier molecular flexibility index (Phi) is 7.81. The summed E-state index contributed by atoms with van der Waals surface area (Å²) in [5.74, 6) is 0.504. The number of rotatable bonds is 6. The third-order valence-corrected chi connectivity index (χ3v) is 2.88. The van der Waals surface area contributed by atoms with Crippen molar-refractivity contribution in [3.63, 3.8) is 0 Å². The van der Waals surface area contributed by atoms with Crippen molar-refractivity contribution in [2.24, 2.45) is 10.7 Å². The maximum Gasteiger partial charge on any atom is 0.188 e. The Morgan fingerprint density at radius 2 is 2.14 bits per heavy atom. The van der Waals surface area contributed by atoms with Crippen LogP contribution >= 0.6 is 24.0 Å². The highest BCUT2D eigenvalue weighted by Crippen LogP contribution is 2.08. The second-order valence-electron chi connectivity index (χ2n) is 4.65. The van der Waals surface area contributed by atoms with Gasteiger partial charge in [-0.25, -0.2) is 4.99 Å². The van der Waals surface area contributed by atoms with Gasteiger partial charge in [-0.2, -0.15) is 5.10 Å². The summed E-state index contributed by atoms with van der Waals surface area (Å²) in [6.07, 6.45) is 4.78. The number of nitrogens with two attached hydrogens (primary N) is 1. The molecule has 0 bridgehead atoms. The molecule has 0 fully saturated rings. The fraction of sp³-hybridized carbons (Fsp3) is 0.333. The van der Waals surface area contributed by atoms with E-state index in [4.69, 9.17) is 5.73 Å². The smallest absolute Gasteiger partial charge is 0.188 e. The molecule has 2 rings (SSSR count). The minimum Gasteiger partial charge on any atom is -0.370 e. The molecule has 0 aliphatic carbocycles. The number of hydrogen-bond acceptors (Lipinski definition) is 2. The van der Waals surface area contributed by atoms with Gasteiger partial charge < -0.3 is 11.1 Å². The molecule has 21 heavy (non-hydrogen) atoms. The molecule has 0 unspecified atom stereocenters. The van der Waals surface area contributed by atoms with Gasteiger partial charge in [0, 0.05) is 18.9 Å².